The Morgan fingerprint density at radius 1 is 1.11 bits per heavy atom. The lowest BCUT2D eigenvalue weighted by Gasteiger charge is -2.12. The van der Waals surface area contributed by atoms with Gasteiger partial charge in [0.05, 0.1) is 32.8 Å². The molecule has 0 unspecified atom stereocenters. The topological polar surface area (TPSA) is 44.8 Å². The van der Waals surface area contributed by atoms with E-state index in [4.69, 9.17) is 14.2 Å². The first kappa shape index (κ1) is 14.1. The fraction of sp³-hybridized carbons (Fsp3) is 0.357. The van der Waals surface area contributed by atoms with Crippen LogP contribution in [0.4, 0.5) is 0 Å². The highest BCUT2D eigenvalue weighted by Gasteiger charge is 2.16. The Morgan fingerprint density at radius 2 is 1.72 bits per heavy atom. The molecule has 0 aliphatic rings. The minimum absolute atomic E-state index is 0.120. The molecule has 0 atom stereocenters. The molecule has 1 rings (SSSR count). The Hall–Kier alpha value is -1.97. The van der Waals surface area contributed by atoms with Crippen molar-refractivity contribution in [1.29, 1.82) is 0 Å². The van der Waals surface area contributed by atoms with Crippen LogP contribution in [0.25, 0.3) is 5.57 Å². The first-order chi connectivity index (χ1) is 8.72. The summed E-state index contributed by atoms with van der Waals surface area (Å²) >= 11 is 0. The van der Waals surface area contributed by atoms with Gasteiger partial charge in [0.25, 0.3) is 5.95 Å². The van der Waals surface area contributed by atoms with Crippen molar-refractivity contribution >= 4 is 11.5 Å². The molecule has 1 aromatic rings. The SMILES string of the molecule is CCOC(=O)CC(=C(OC)OC)c1ccccc1. The summed E-state index contributed by atoms with van der Waals surface area (Å²) in [6.07, 6.45) is 0.120. The van der Waals surface area contributed by atoms with Crippen molar-refractivity contribution in [1.82, 2.24) is 0 Å². The molecule has 0 aliphatic carbocycles. The number of hydrogen-bond acceptors (Lipinski definition) is 4. The van der Waals surface area contributed by atoms with Gasteiger partial charge in [-0.2, -0.15) is 0 Å². The van der Waals surface area contributed by atoms with Crippen molar-refractivity contribution in [2.45, 2.75) is 13.3 Å². The van der Waals surface area contributed by atoms with E-state index in [1.807, 2.05) is 30.3 Å². The maximum Gasteiger partial charge on any atom is 0.310 e. The van der Waals surface area contributed by atoms with Gasteiger partial charge in [-0.1, -0.05) is 30.3 Å². The Bertz CT molecular complexity index is 403. The summed E-state index contributed by atoms with van der Waals surface area (Å²) in [5.41, 5.74) is 1.56. The van der Waals surface area contributed by atoms with E-state index >= 15 is 0 Å². The molecule has 0 N–H and O–H groups in total. The van der Waals surface area contributed by atoms with Crippen molar-refractivity contribution in [3.05, 3.63) is 41.8 Å². The van der Waals surface area contributed by atoms with Crippen LogP contribution in [-0.2, 0) is 19.0 Å². The second kappa shape index (κ2) is 7.37. The third-order valence-electron chi connectivity index (χ3n) is 2.37. The number of benzene rings is 1. The molecule has 18 heavy (non-hydrogen) atoms. The molecule has 0 amide bonds. The molecule has 0 spiro atoms. The van der Waals surface area contributed by atoms with Crippen LogP contribution < -0.4 is 0 Å². The number of hydrogen-bond donors (Lipinski definition) is 0. The van der Waals surface area contributed by atoms with Gasteiger partial charge in [0, 0.05) is 0 Å². The molecule has 0 saturated carbocycles. The second-order valence-electron chi connectivity index (χ2n) is 3.52. The van der Waals surface area contributed by atoms with E-state index in [-0.39, 0.29) is 12.4 Å². The maximum absolute atomic E-state index is 11.6. The lowest BCUT2D eigenvalue weighted by molar-refractivity contribution is -0.141. The van der Waals surface area contributed by atoms with Crippen molar-refractivity contribution in [2.24, 2.45) is 0 Å². The highest BCUT2D eigenvalue weighted by atomic mass is 16.7. The minimum Gasteiger partial charge on any atom is -0.469 e. The average Bonchev–Trinajstić information content (AvgIpc) is 2.40. The van der Waals surface area contributed by atoms with E-state index in [1.165, 1.54) is 14.2 Å². The number of carbonyl (C=O) groups is 1. The highest BCUT2D eigenvalue weighted by molar-refractivity contribution is 5.85. The first-order valence-electron chi connectivity index (χ1n) is 5.75. The van der Waals surface area contributed by atoms with Crippen molar-refractivity contribution in [2.75, 3.05) is 20.8 Å². The van der Waals surface area contributed by atoms with Crippen molar-refractivity contribution in [3.63, 3.8) is 0 Å². The lowest BCUT2D eigenvalue weighted by Crippen LogP contribution is -2.07. The molecule has 0 aromatic heterocycles. The zero-order chi connectivity index (χ0) is 13.4. The summed E-state index contributed by atoms with van der Waals surface area (Å²) in [6, 6.07) is 9.48. The molecule has 1 aromatic carbocycles. The smallest absolute Gasteiger partial charge is 0.310 e. The number of methoxy groups -OCH3 is 2. The Morgan fingerprint density at radius 3 is 2.22 bits per heavy atom. The van der Waals surface area contributed by atoms with Crippen LogP contribution in [0.3, 0.4) is 0 Å². The van der Waals surface area contributed by atoms with Crippen LogP contribution in [-0.4, -0.2) is 26.8 Å². The number of rotatable bonds is 6. The van der Waals surface area contributed by atoms with Gasteiger partial charge in [0.2, 0.25) is 0 Å². The van der Waals surface area contributed by atoms with E-state index in [1.54, 1.807) is 6.92 Å². The third kappa shape index (κ3) is 3.80. The Kier molecular flexibility index (Phi) is 5.77. The van der Waals surface area contributed by atoms with Crippen molar-refractivity contribution in [3.8, 4) is 0 Å². The van der Waals surface area contributed by atoms with E-state index in [0.29, 0.717) is 18.1 Å². The summed E-state index contributed by atoms with van der Waals surface area (Å²) in [5, 5.41) is 0. The van der Waals surface area contributed by atoms with E-state index in [2.05, 4.69) is 0 Å². The van der Waals surface area contributed by atoms with Gasteiger partial charge < -0.3 is 14.2 Å². The van der Waals surface area contributed by atoms with Gasteiger partial charge in [0.15, 0.2) is 0 Å². The molecule has 0 bridgehead atoms. The second-order valence-corrected chi connectivity index (χ2v) is 3.52. The van der Waals surface area contributed by atoms with Crippen LogP contribution in [0, 0.1) is 0 Å². The van der Waals surface area contributed by atoms with Crippen LogP contribution >= 0.6 is 0 Å². The minimum atomic E-state index is -0.303. The first-order valence-corrected chi connectivity index (χ1v) is 5.75. The molecule has 4 heteroatoms. The molecular weight excluding hydrogens is 232 g/mol. The summed E-state index contributed by atoms with van der Waals surface area (Å²) in [6.45, 7) is 2.13. The normalized spacial score (nSPS) is 9.50. The van der Waals surface area contributed by atoms with E-state index in [9.17, 15) is 4.79 Å². The van der Waals surface area contributed by atoms with Gasteiger partial charge in [-0.3, -0.25) is 4.79 Å². The van der Waals surface area contributed by atoms with Crippen LogP contribution in [0.5, 0.6) is 0 Å². The maximum atomic E-state index is 11.6. The summed E-state index contributed by atoms with van der Waals surface area (Å²) < 4.78 is 15.2. The van der Waals surface area contributed by atoms with E-state index < -0.39 is 0 Å². The summed E-state index contributed by atoms with van der Waals surface area (Å²) in [4.78, 5) is 11.6. The van der Waals surface area contributed by atoms with Gasteiger partial charge in [-0.05, 0) is 12.5 Å². The Labute approximate surface area is 107 Å². The predicted octanol–water partition coefficient (Wildman–Crippen LogP) is 2.60. The standard InChI is InChI=1S/C14H18O4/c1-4-18-13(15)10-12(14(16-2)17-3)11-8-6-5-7-9-11/h5-9H,4,10H2,1-3H3. The zero-order valence-corrected chi connectivity index (χ0v) is 10.9. The van der Waals surface area contributed by atoms with E-state index in [0.717, 1.165) is 5.56 Å². The fourth-order valence-corrected chi connectivity index (χ4v) is 1.62. The molecule has 0 aliphatic heterocycles. The largest absolute Gasteiger partial charge is 0.469 e. The van der Waals surface area contributed by atoms with Crippen molar-refractivity contribution < 1.29 is 19.0 Å². The quantitative estimate of drug-likeness (QED) is 0.575. The predicted molar refractivity (Wildman–Crippen MR) is 68.6 cm³/mol. The third-order valence-corrected chi connectivity index (χ3v) is 2.37. The van der Waals surface area contributed by atoms with Gasteiger partial charge >= 0.3 is 5.97 Å². The fourth-order valence-electron chi connectivity index (χ4n) is 1.62. The van der Waals surface area contributed by atoms with Gasteiger partial charge in [-0.25, -0.2) is 0 Å². The summed E-state index contributed by atoms with van der Waals surface area (Å²) in [5.74, 6) is 0.0252. The molecule has 0 heterocycles. The number of carbonyl (C=O) groups excluding carboxylic acids is 1. The monoisotopic (exact) mass is 250 g/mol. The lowest BCUT2D eigenvalue weighted by atomic mass is 10.0. The molecule has 0 fully saturated rings. The average molecular weight is 250 g/mol. The molecule has 0 radical (unpaired) electrons. The molecule has 98 valence electrons. The Balaban J connectivity index is 3.04. The summed E-state index contributed by atoms with van der Waals surface area (Å²) in [7, 11) is 3.01. The zero-order valence-electron chi connectivity index (χ0n) is 10.9. The number of esters is 1. The molecule has 0 saturated heterocycles. The number of ether oxygens (including phenoxy) is 3. The van der Waals surface area contributed by atoms with Gasteiger partial charge in [-0.15, -0.1) is 0 Å². The molecule has 4 nitrogen and oxygen atoms in total. The molecular formula is C14H18O4. The van der Waals surface area contributed by atoms with Crippen LogP contribution in [0.15, 0.2) is 36.3 Å². The van der Waals surface area contributed by atoms with Crippen LogP contribution in [0.2, 0.25) is 0 Å². The van der Waals surface area contributed by atoms with Gasteiger partial charge in [0.1, 0.15) is 0 Å². The highest BCUT2D eigenvalue weighted by Crippen LogP contribution is 2.23. The van der Waals surface area contributed by atoms with Crippen LogP contribution in [0.1, 0.15) is 18.9 Å².